The van der Waals surface area contributed by atoms with Crippen LogP contribution in [0.3, 0.4) is 0 Å². The zero-order valence-electron chi connectivity index (χ0n) is 23.1. The third-order valence-electron chi connectivity index (χ3n) is 5.82. The number of ether oxygens (including phenoxy) is 3. The largest absolute Gasteiger partial charge is 0.491 e. The molecule has 0 bridgehead atoms. The van der Waals surface area contributed by atoms with E-state index in [9.17, 15) is 14.4 Å². The van der Waals surface area contributed by atoms with Crippen LogP contribution in [0, 0.1) is 0 Å². The maximum atomic E-state index is 13.1. The fourth-order valence-corrected chi connectivity index (χ4v) is 4.21. The molecule has 1 fully saturated rings. The molecule has 3 amide bonds. The molecule has 0 saturated carbocycles. The van der Waals surface area contributed by atoms with E-state index in [0.717, 1.165) is 16.0 Å². The lowest BCUT2D eigenvalue weighted by Gasteiger charge is -2.30. The smallest absolute Gasteiger partial charge is 0.417 e. The maximum Gasteiger partial charge on any atom is 0.417 e. The van der Waals surface area contributed by atoms with Gasteiger partial charge in [0, 0.05) is 6.54 Å². The number of likely N-dealkylation sites (tertiary alicyclic amines) is 1. The molecule has 2 aromatic rings. The molecule has 3 rings (SSSR count). The molecule has 9 nitrogen and oxygen atoms in total. The van der Waals surface area contributed by atoms with Crippen molar-refractivity contribution in [2.24, 2.45) is 5.73 Å². The van der Waals surface area contributed by atoms with Gasteiger partial charge in [0.05, 0.1) is 18.6 Å². The number of rotatable bonds is 6. The first-order valence-corrected chi connectivity index (χ1v) is 12.8. The topological polar surface area (TPSA) is 111 Å². The van der Waals surface area contributed by atoms with E-state index in [1.54, 1.807) is 41.5 Å². The van der Waals surface area contributed by atoms with Crippen molar-refractivity contribution in [1.29, 1.82) is 0 Å². The highest BCUT2D eigenvalue weighted by molar-refractivity contribution is 5.93. The van der Waals surface area contributed by atoms with Gasteiger partial charge in [-0.05, 0) is 71.2 Å². The summed E-state index contributed by atoms with van der Waals surface area (Å²) in [5, 5.41) is 0. The molecule has 1 saturated heterocycles. The zero-order chi connectivity index (χ0) is 28.1. The molecule has 0 unspecified atom stereocenters. The lowest BCUT2D eigenvalue weighted by molar-refractivity contribution is -0.130. The Balaban J connectivity index is 1.78. The van der Waals surface area contributed by atoms with E-state index >= 15 is 0 Å². The van der Waals surface area contributed by atoms with E-state index in [2.05, 4.69) is 0 Å². The second-order valence-electron chi connectivity index (χ2n) is 11.3. The molecule has 0 aliphatic carbocycles. The molecule has 206 valence electrons. The molecule has 2 aromatic carbocycles. The third kappa shape index (κ3) is 7.95. The standard InChI is InChI=1S/C29H39N3O6/c1-28(2,3)37-26(34)31-18-22(32(25(33)17-30)27(35)38-29(4,5)6)16-23(31)19-36-24-14-12-21(13-15-24)20-10-8-7-9-11-20/h7-15,22-23H,16-19,30H2,1-6H3/t22-,23+/m0/s1. The first-order valence-electron chi connectivity index (χ1n) is 12.8. The molecule has 1 heterocycles. The predicted molar refractivity (Wildman–Crippen MR) is 145 cm³/mol. The maximum absolute atomic E-state index is 13.1. The SMILES string of the molecule is CC(C)(C)OC(=O)N1C[C@@H](N(C(=O)CN)C(=O)OC(C)(C)C)C[C@@H]1COc1ccc(-c2ccccc2)cc1. The Morgan fingerprint density at radius 3 is 2.03 bits per heavy atom. The van der Waals surface area contributed by atoms with Gasteiger partial charge in [-0.2, -0.15) is 0 Å². The van der Waals surface area contributed by atoms with E-state index in [-0.39, 0.29) is 19.7 Å². The van der Waals surface area contributed by atoms with Crippen LogP contribution in [0.25, 0.3) is 11.1 Å². The number of nitrogens with zero attached hydrogens (tertiary/aromatic N) is 2. The van der Waals surface area contributed by atoms with Gasteiger partial charge in [0.25, 0.3) is 0 Å². The molecule has 0 aromatic heterocycles. The van der Waals surface area contributed by atoms with E-state index < -0.39 is 41.4 Å². The van der Waals surface area contributed by atoms with Gasteiger partial charge in [0.1, 0.15) is 23.6 Å². The minimum absolute atomic E-state index is 0.0842. The van der Waals surface area contributed by atoms with Gasteiger partial charge in [-0.15, -0.1) is 0 Å². The Labute approximate surface area is 224 Å². The van der Waals surface area contributed by atoms with Crippen LogP contribution >= 0.6 is 0 Å². The van der Waals surface area contributed by atoms with E-state index in [1.807, 2.05) is 54.6 Å². The van der Waals surface area contributed by atoms with E-state index in [1.165, 1.54) is 4.90 Å². The first-order chi connectivity index (χ1) is 17.8. The zero-order valence-corrected chi connectivity index (χ0v) is 23.1. The number of carbonyl (C=O) groups is 3. The number of carbonyl (C=O) groups excluding carboxylic acids is 3. The van der Waals surface area contributed by atoms with Crippen molar-refractivity contribution in [3.8, 4) is 16.9 Å². The van der Waals surface area contributed by atoms with Crippen LogP contribution < -0.4 is 10.5 Å². The molecule has 2 atom stereocenters. The molecule has 2 N–H and O–H groups in total. The van der Waals surface area contributed by atoms with Crippen molar-refractivity contribution < 1.29 is 28.6 Å². The highest BCUT2D eigenvalue weighted by atomic mass is 16.6. The molecule has 1 aliphatic heterocycles. The fraction of sp³-hybridized carbons (Fsp3) is 0.483. The number of imide groups is 1. The highest BCUT2D eigenvalue weighted by Crippen LogP contribution is 2.28. The number of benzene rings is 2. The van der Waals surface area contributed by atoms with Crippen molar-refractivity contribution in [1.82, 2.24) is 9.80 Å². The average Bonchev–Trinajstić information content (AvgIpc) is 3.25. The molecule has 9 heteroatoms. The van der Waals surface area contributed by atoms with Crippen molar-refractivity contribution in [3.05, 3.63) is 54.6 Å². The Hall–Kier alpha value is -3.59. The quantitative estimate of drug-likeness (QED) is 0.575. The van der Waals surface area contributed by atoms with Crippen molar-refractivity contribution >= 4 is 18.1 Å². The van der Waals surface area contributed by atoms with Gasteiger partial charge in [-0.3, -0.25) is 9.69 Å². The minimum Gasteiger partial charge on any atom is -0.491 e. The summed E-state index contributed by atoms with van der Waals surface area (Å²) >= 11 is 0. The normalized spacial score (nSPS) is 17.6. The summed E-state index contributed by atoms with van der Waals surface area (Å²) in [6.07, 6.45) is -1.04. The third-order valence-corrected chi connectivity index (χ3v) is 5.82. The van der Waals surface area contributed by atoms with Gasteiger partial charge in [-0.1, -0.05) is 42.5 Å². The molecule has 1 aliphatic rings. The molecular formula is C29H39N3O6. The van der Waals surface area contributed by atoms with Crippen molar-refractivity contribution in [2.45, 2.75) is 71.2 Å². The summed E-state index contributed by atoms with van der Waals surface area (Å²) in [6.45, 7) is 10.4. The van der Waals surface area contributed by atoms with Crippen LogP contribution in [0.1, 0.15) is 48.0 Å². The summed E-state index contributed by atoms with van der Waals surface area (Å²) < 4.78 is 17.1. The summed E-state index contributed by atoms with van der Waals surface area (Å²) in [7, 11) is 0. The van der Waals surface area contributed by atoms with Gasteiger partial charge in [-0.25, -0.2) is 14.5 Å². The summed E-state index contributed by atoms with van der Waals surface area (Å²) in [5.74, 6) is 0.0609. The number of nitrogens with two attached hydrogens (primary N) is 1. The number of amides is 3. The Bertz CT molecular complexity index is 1110. The van der Waals surface area contributed by atoms with Gasteiger partial charge in [0.2, 0.25) is 5.91 Å². The predicted octanol–water partition coefficient (Wildman–Crippen LogP) is 4.83. The van der Waals surface area contributed by atoms with E-state index in [4.69, 9.17) is 19.9 Å². The van der Waals surface area contributed by atoms with Crippen LogP contribution in [0.4, 0.5) is 9.59 Å². The Morgan fingerprint density at radius 2 is 1.47 bits per heavy atom. The average molecular weight is 526 g/mol. The van der Waals surface area contributed by atoms with Gasteiger partial charge in [0.15, 0.2) is 0 Å². The van der Waals surface area contributed by atoms with Crippen LogP contribution in [0.15, 0.2) is 54.6 Å². The second-order valence-corrected chi connectivity index (χ2v) is 11.3. The second kappa shape index (κ2) is 11.9. The van der Waals surface area contributed by atoms with Crippen LogP contribution in [-0.2, 0) is 14.3 Å². The lowest BCUT2D eigenvalue weighted by atomic mass is 10.1. The van der Waals surface area contributed by atoms with Gasteiger partial charge >= 0.3 is 12.2 Å². The monoisotopic (exact) mass is 525 g/mol. The van der Waals surface area contributed by atoms with Crippen LogP contribution in [0.2, 0.25) is 0 Å². The Kier molecular flexibility index (Phi) is 9.04. The van der Waals surface area contributed by atoms with E-state index in [0.29, 0.717) is 12.2 Å². The Morgan fingerprint density at radius 1 is 0.895 bits per heavy atom. The number of hydrogen-bond acceptors (Lipinski definition) is 7. The highest BCUT2D eigenvalue weighted by Gasteiger charge is 2.44. The molecule has 38 heavy (non-hydrogen) atoms. The van der Waals surface area contributed by atoms with Crippen molar-refractivity contribution in [2.75, 3.05) is 19.7 Å². The van der Waals surface area contributed by atoms with Crippen LogP contribution in [-0.4, -0.2) is 70.9 Å². The fourth-order valence-electron chi connectivity index (χ4n) is 4.21. The molecular weight excluding hydrogens is 486 g/mol. The van der Waals surface area contributed by atoms with Gasteiger partial charge < -0.3 is 19.9 Å². The van der Waals surface area contributed by atoms with Crippen molar-refractivity contribution in [3.63, 3.8) is 0 Å². The van der Waals surface area contributed by atoms with Crippen LogP contribution in [0.5, 0.6) is 5.75 Å². The molecule has 0 radical (unpaired) electrons. The first kappa shape index (κ1) is 29.0. The minimum atomic E-state index is -0.803. The number of hydrogen-bond donors (Lipinski definition) is 1. The summed E-state index contributed by atoms with van der Waals surface area (Å²) in [5.41, 5.74) is 6.25. The summed E-state index contributed by atoms with van der Waals surface area (Å²) in [4.78, 5) is 41.3. The lowest BCUT2D eigenvalue weighted by Crippen LogP contribution is -2.50. The summed E-state index contributed by atoms with van der Waals surface area (Å²) in [6, 6.07) is 16.6. The molecule has 0 spiro atoms.